The molecule has 7 heteroatoms. The predicted molar refractivity (Wildman–Crippen MR) is 202 cm³/mol. The number of hydrogen-bond acceptors (Lipinski definition) is 5. The van der Waals surface area contributed by atoms with Gasteiger partial charge in [-0.1, -0.05) is 86.2 Å². The molecule has 0 aromatic heterocycles. The van der Waals surface area contributed by atoms with E-state index in [9.17, 15) is 5.11 Å². The third kappa shape index (κ3) is 7.96. The van der Waals surface area contributed by atoms with Crippen molar-refractivity contribution >= 4 is 0 Å². The Bertz CT molecular complexity index is 1460. The molecule has 3 fully saturated rings. The highest BCUT2D eigenvalue weighted by Crippen LogP contribution is 2.68. The summed E-state index contributed by atoms with van der Waals surface area (Å²) in [6.45, 7) is 12.8. The Morgan fingerprint density at radius 1 is 0.904 bits per heavy atom. The molecular formula is C45H64F2O5. The van der Waals surface area contributed by atoms with Crippen LogP contribution in [0.4, 0.5) is 8.78 Å². The van der Waals surface area contributed by atoms with Gasteiger partial charge in [0.25, 0.3) is 5.92 Å². The van der Waals surface area contributed by atoms with Crippen LogP contribution < -0.4 is 0 Å². The topological polar surface area (TPSA) is 57.2 Å². The molecule has 4 aliphatic rings. The van der Waals surface area contributed by atoms with E-state index < -0.39 is 17.8 Å². The van der Waals surface area contributed by atoms with Gasteiger partial charge in [0.1, 0.15) is 5.60 Å². The Hall–Kier alpha value is -2.16. The maximum absolute atomic E-state index is 15.7. The number of alkyl halides is 2. The average Bonchev–Trinajstić information content (AvgIpc) is 3.48. The summed E-state index contributed by atoms with van der Waals surface area (Å²) in [4.78, 5) is 0. The second-order valence-electron chi connectivity index (χ2n) is 17.3. The maximum atomic E-state index is 15.7. The summed E-state index contributed by atoms with van der Waals surface area (Å²) >= 11 is 0. The van der Waals surface area contributed by atoms with Crippen LogP contribution in [0.1, 0.15) is 110 Å². The van der Waals surface area contributed by atoms with Crippen molar-refractivity contribution < 1.29 is 32.8 Å². The van der Waals surface area contributed by atoms with Gasteiger partial charge in [0.15, 0.2) is 6.29 Å². The predicted octanol–water partition coefficient (Wildman–Crippen LogP) is 10.5. The van der Waals surface area contributed by atoms with Gasteiger partial charge in [-0.3, -0.25) is 0 Å². The standard InChI is InChI=1S/C45H64F2O5/c1-7-49-31(2)52-42(3,4)45(46,47)25-22-34(28-48)38-20-21-39-37-19-18-35-26-36(50-29-32-14-10-8-11-15-32)27-41(51-30-33-16-12-9-13-17-33)44(35,6)40(37)23-24-43(38,39)5/h8-18,31,34,36-41,48H,7,19-30H2,1-6H3/t31?,34-,36+,37-,38+,39-,40-,41-,43+,44-/m0/s1. The molecule has 0 radical (unpaired) electrons. The van der Waals surface area contributed by atoms with E-state index in [1.807, 2.05) is 19.1 Å². The summed E-state index contributed by atoms with van der Waals surface area (Å²) in [6.07, 6.45) is 8.99. The molecule has 4 aliphatic carbocycles. The summed E-state index contributed by atoms with van der Waals surface area (Å²) in [5.41, 5.74) is 2.12. The number of allylic oxidation sites excluding steroid dienone is 1. The minimum atomic E-state index is -3.06. The van der Waals surface area contributed by atoms with Gasteiger partial charge in [0, 0.05) is 31.5 Å². The number of rotatable bonds is 16. The molecule has 0 saturated heterocycles. The molecule has 1 unspecified atom stereocenters. The molecule has 2 aromatic carbocycles. The summed E-state index contributed by atoms with van der Waals surface area (Å²) < 4.78 is 56.1. The number of halogens is 2. The van der Waals surface area contributed by atoms with E-state index in [1.165, 1.54) is 30.5 Å². The third-order valence-electron chi connectivity index (χ3n) is 14.2. The molecule has 0 spiro atoms. The Labute approximate surface area is 311 Å². The number of hydrogen-bond donors (Lipinski definition) is 1. The monoisotopic (exact) mass is 722 g/mol. The van der Waals surface area contributed by atoms with Crippen LogP contribution >= 0.6 is 0 Å². The lowest BCUT2D eigenvalue weighted by atomic mass is 9.46. The quantitative estimate of drug-likeness (QED) is 0.138. The molecule has 0 bridgehead atoms. The first-order valence-corrected chi connectivity index (χ1v) is 20.1. The molecule has 5 nitrogen and oxygen atoms in total. The molecule has 3 saturated carbocycles. The fourth-order valence-corrected chi connectivity index (χ4v) is 11.3. The van der Waals surface area contributed by atoms with Crippen molar-refractivity contribution in [1.29, 1.82) is 0 Å². The molecule has 1 N–H and O–H groups in total. The van der Waals surface area contributed by atoms with Crippen molar-refractivity contribution in [3.63, 3.8) is 0 Å². The first kappa shape index (κ1) is 39.5. The zero-order chi connectivity index (χ0) is 37.1. The molecule has 0 heterocycles. The highest BCUT2D eigenvalue weighted by Gasteiger charge is 2.62. The minimum Gasteiger partial charge on any atom is -0.396 e. The second-order valence-corrected chi connectivity index (χ2v) is 17.3. The molecular weight excluding hydrogens is 658 g/mol. The van der Waals surface area contributed by atoms with Crippen molar-refractivity contribution in [3.8, 4) is 0 Å². The van der Waals surface area contributed by atoms with Crippen molar-refractivity contribution in [2.24, 2.45) is 40.4 Å². The molecule has 6 rings (SSSR count). The highest BCUT2D eigenvalue weighted by atomic mass is 19.3. The van der Waals surface area contributed by atoms with Crippen LogP contribution in [0.15, 0.2) is 72.3 Å². The van der Waals surface area contributed by atoms with Crippen LogP contribution in [-0.4, -0.2) is 48.3 Å². The summed E-state index contributed by atoms with van der Waals surface area (Å²) in [5, 5.41) is 10.7. The van der Waals surface area contributed by atoms with Gasteiger partial charge < -0.3 is 24.1 Å². The van der Waals surface area contributed by atoms with Crippen LogP contribution in [0, 0.1) is 40.4 Å². The van der Waals surface area contributed by atoms with E-state index in [-0.39, 0.29) is 54.3 Å². The Morgan fingerprint density at radius 3 is 2.19 bits per heavy atom. The summed E-state index contributed by atoms with van der Waals surface area (Å²) in [5.74, 6) is -1.51. The fourth-order valence-electron chi connectivity index (χ4n) is 11.3. The molecule has 288 valence electrons. The van der Waals surface area contributed by atoms with E-state index in [4.69, 9.17) is 18.9 Å². The zero-order valence-electron chi connectivity index (χ0n) is 32.5. The number of fused-ring (bicyclic) bond motifs is 5. The smallest absolute Gasteiger partial charge is 0.276 e. The Morgan fingerprint density at radius 2 is 1.56 bits per heavy atom. The molecule has 0 amide bonds. The van der Waals surface area contributed by atoms with Crippen molar-refractivity contribution in [2.45, 2.75) is 143 Å². The Kier molecular flexibility index (Phi) is 12.4. The molecule has 10 atom stereocenters. The van der Waals surface area contributed by atoms with Gasteiger partial charge in [-0.25, -0.2) is 8.78 Å². The second kappa shape index (κ2) is 16.3. The van der Waals surface area contributed by atoms with E-state index in [1.54, 1.807) is 6.92 Å². The van der Waals surface area contributed by atoms with E-state index in [0.29, 0.717) is 37.6 Å². The first-order chi connectivity index (χ1) is 24.8. The lowest BCUT2D eigenvalue weighted by molar-refractivity contribution is -0.265. The van der Waals surface area contributed by atoms with E-state index in [2.05, 4.69) is 68.5 Å². The van der Waals surface area contributed by atoms with Crippen LogP contribution in [0.3, 0.4) is 0 Å². The lowest BCUT2D eigenvalue weighted by Gasteiger charge is -2.60. The first-order valence-electron chi connectivity index (χ1n) is 20.1. The fraction of sp³-hybridized carbons (Fsp3) is 0.689. The van der Waals surface area contributed by atoms with Gasteiger partial charge in [0.05, 0.1) is 25.4 Å². The van der Waals surface area contributed by atoms with Crippen LogP contribution in [0.2, 0.25) is 0 Å². The van der Waals surface area contributed by atoms with Gasteiger partial charge in [-0.05, 0) is 119 Å². The van der Waals surface area contributed by atoms with Gasteiger partial charge >= 0.3 is 0 Å². The van der Waals surface area contributed by atoms with Gasteiger partial charge in [-0.2, -0.15) is 0 Å². The van der Waals surface area contributed by atoms with Crippen LogP contribution in [0.5, 0.6) is 0 Å². The normalized spacial score (nSPS) is 33.1. The summed E-state index contributed by atoms with van der Waals surface area (Å²) in [7, 11) is 0. The molecule has 52 heavy (non-hydrogen) atoms. The number of benzene rings is 2. The number of aliphatic hydroxyl groups is 1. The largest absolute Gasteiger partial charge is 0.396 e. The van der Waals surface area contributed by atoms with Crippen molar-refractivity contribution in [2.75, 3.05) is 13.2 Å². The van der Waals surface area contributed by atoms with E-state index >= 15 is 8.78 Å². The number of ether oxygens (including phenoxy) is 4. The van der Waals surface area contributed by atoms with Gasteiger partial charge in [0.2, 0.25) is 0 Å². The third-order valence-corrected chi connectivity index (χ3v) is 14.2. The van der Waals surface area contributed by atoms with Crippen molar-refractivity contribution in [3.05, 3.63) is 83.4 Å². The molecule has 0 aliphatic heterocycles. The van der Waals surface area contributed by atoms with Crippen LogP contribution in [-0.2, 0) is 32.2 Å². The number of aliphatic hydroxyl groups excluding tert-OH is 1. The summed E-state index contributed by atoms with van der Waals surface area (Å²) in [6, 6.07) is 20.9. The Balaban J connectivity index is 1.18. The zero-order valence-corrected chi connectivity index (χ0v) is 32.5. The average molecular weight is 723 g/mol. The van der Waals surface area contributed by atoms with Crippen LogP contribution in [0.25, 0.3) is 0 Å². The SMILES string of the molecule is CCOC(C)OC(C)(C)C(F)(F)CC[C@@H](CO)[C@H]1CC[C@H]2[C@@H]3CC=C4C[C@@H](OCc5ccccc5)C[C@H](OCc5ccccc5)[C@]4(C)[C@H]3CC[C@]12C. The lowest BCUT2D eigenvalue weighted by Crippen LogP contribution is -2.56. The maximum Gasteiger partial charge on any atom is 0.276 e. The van der Waals surface area contributed by atoms with Gasteiger partial charge in [-0.15, -0.1) is 0 Å². The highest BCUT2D eigenvalue weighted by molar-refractivity contribution is 5.28. The minimum absolute atomic E-state index is 0.0113. The van der Waals surface area contributed by atoms with Crippen molar-refractivity contribution in [1.82, 2.24) is 0 Å². The molecule has 2 aromatic rings. The van der Waals surface area contributed by atoms with E-state index in [0.717, 1.165) is 44.9 Å².